The first-order valence-corrected chi connectivity index (χ1v) is 7.37. The molecule has 0 aliphatic carbocycles. The van der Waals surface area contributed by atoms with Crippen LogP contribution in [0.2, 0.25) is 0 Å². The minimum Gasteiger partial charge on any atom is -0.244 e. The summed E-state index contributed by atoms with van der Waals surface area (Å²) in [4.78, 5) is 17.8. The fourth-order valence-corrected chi connectivity index (χ4v) is 2.19. The third-order valence-corrected chi connectivity index (χ3v) is 3.27. The summed E-state index contributed by atoms with van der Waals surface area (Å²) in [7, 11) is 0. The van der Waals surface area contributed by atoms with Crippen molar-refractivity contribution >= 4 is 17.4 Å². The van der Waals surface area contributed by atoms with Gasteiger partial charge in [-0.3, -0.25) is 0 Å². The standard InChI is InChI=1S/C19H19N3O/c1-19(2,3)17(15-10-6-4-7-11-15)21-18(23)22(14-20)16-12-8-5-9-13-16/h4-13H,1-3H3. The highest BCUT2D eigenvalue weighted by atomic mass is 16.2. The first-order chi connectivity index (χ1) is 10.9. The lowest BCUT2D eigenvalue weighted by Gasteiger charge is -2.22. The molecule has 23 heavy (non-hydrogen) atoms. The summed E-state index contributed by atoms with van der Waals surface area (Å²) in [6.45, 7) is 5.97. The molecular formula is C19H19N3O. The maximum atomic E-state index is 12.5. The summed E-state index contributed by atoms with van der Waals surface area (Å²) in [5.74, 6) is 0. The van der Waals surface area contributed by atoms with E-state index in [-0.39, 0.29) is 5.41 Å². The number of nitriles is 1. The average molecular weight is 305 g/mol. The van der Waals surface area contributed by atoms with Crippen LogP contribution >= 0.6 is 0 Å². The van der Waals surface area contributed by atoms with Gasteiger partial charge in [0.05, 0.1) is 11.4 Å². The van der Waals surface area contributed by atoms with Crippen LogP contribution < -0.4 is 4.90 Å². The predicted octanol–water partition coefficient (Wildman–Crippen LogP) is 4.63. The Hall–Kier alpha value is -2.93. The summed E-state index contributed by atoms with van der Waals surface area (Å²) >= 11 is 0. The van der Waals surface area contributed by atoms with Gasteiger partial charge in [0.2, 0.25) is 0 Å². The Morgan fingerprint density at radius 3 is 2.00 bits per heavy atom. The summed E-state index contributed by atoms with van der Waals surface area (Å²) in [6, 6.07) is 17.7. The van der Waals surface area contributed by atoms with Gasteiger partial charge in [-0.15, -0.1) is 0 Å². The van der Waals surface area contributed by atoms with Crippen molar-refractivity contribution in [3.63, 3.8) is 0 Å². The van der Waals surface area contributed by atoms with Crippen LogP contribution in [0.1, 0.15) is 26.3 Å². The van der Waals surface area contributed by atoms with Crippen LogP contribution in [0.15, 0.2) is 65.7 Å². The molecule has 0 fully saturated rings. The van der Waals surface area contributed by atoms with Gasteiger partial charge in [0.1, 0.15) is 0 Å². The Labute approximate surface area is 136 Å². The SMILES string of the molecule is CC(C)(C)C(=NC(=O)N(C#N)c1ccccc1)c1ccccc1. The number of amides is 2. The van der Waals surface area contributed by atoms with Crippen LogP contribution in [0.25, 0.3) is 0 Å². The molecule has 4 nitrogen and oxygen atoms in total. The minimum absolute atomic E-state index is 0.325. The van der Waals surface area contributed by atoms with E-state index in [4.69, 9.17) is 0 Å². The van der Waals surface area contributed by atoms with Crippen molar-refractivity contribution in [2.24, 2.45) is 10.4 Å². The number of benzene rings is 2. The maximum absolute atomic E-state index is 12.5. The van der Waals surface area contributed by atoms with Gasteiger partial charge in [-0.05, 0) is 17.7 Å². The van der Waals surface area contributed by atoms with E-state index in [9.17, 15) is 10.1 Å². The van der Waals surface area contributed by atoms with E-state index in [0.29, 0.717) is 11.4 Å². The van der Waals surface area contributed by atoms with Crippen molar-refractivity contribution in [1.29, 1.82) is 5.26 Å². The Balaban J connectivity index is 2.43. The normalized spacial score (nSPS) is 11.7. The first-order valence-electron chi connectivity index (χ1n) is 7.37. The molecule has 0 N–H and O–H groups in total. The van der Waals surface area contributed by atoms with Crippen molar-refractivity contribution < 1.29 is 4.79 Å². The summed E-state index contributed by atoms with van der Waals surface area (Å²) in [5.41, 5.74) is 1.71. The monoisotopic (exact) mass is 305 g/mol. The van der Waals surface area contributed by atoms with E-state index in [1.807, 2.05) is 63.4 Å². The molecule has 0 aliphatic heterocycles. The molecule has 0 saturated carbocycles. The van der Waals surface area contributed by atoms with Gasteiger partial charge in [-0.25, -0.2) is 4.79 Å². The van der Waals surface area contributed by atoms with E-state index in [0.717, 1.165) is 10.5 Å². The van der Waals surface area contributed by atoms with E-state index >= 15 is 0 Å². The van der Waals surface area contributed by atoms with Gasteiger partial charge in [0, 0.05) is 5.41 Å². The number of nitrogens with zero attached hydrogens (tertiary/aromatic N) is 3. The number of hydrogen-bond acceptors (Lipinski definition) is 2. The third kappa shape index (κ3) is 4.04. The van der Waals surface area contributed by atoms with Crippen LogP contribution in [0.4, 0.5) is 10.5 Å². The topological polar surface area (TPSA) is 56.5 Å². The largest absolute Gasteiger partial charge is 0.361 e. The molecule has 0 spiro atoms. The third-order valence-electron chi connectivity index (χ3n) is 3.27. The van der Waals surface area contributed by atoms with Crippen molar-refractivity contribution in [2.75, 3.05) is 4.90 Å². The predicted molar refractivity (Wildman–Crippen MR) is 92.4 cm³/mol. The molecule has 2 aromatic rings. The van der Waals surface area contributed by atoms with Crippen molar-refractivity contribution in [2.45, 2.75) is 20.8 Å². The second-order valence-corrected chi connectivity index (χ2v) is 6.13. The molecule has 116 valence electrons. The molecule has 0 aliphatic rings. The number of rotatable bonds is 2. The number of para-hydroxylation sites is 1. The fourth-order valence-electron chi connectivity index (χ4n) is 2.19. The van der Waals surface area contributed by atoms with E-state index in [1.54, 1.807) is 24.3 Å². The minimum atomic E-state index is -0.590. The maximum Gasteiger partial charge on any atom is 0.361 e. The number of carbonyl (C=O) groups is 1. The zero-order valence-electron chi connectivity index (χ0n) is 13.5. The van der Waals surface area contributed by atoms with Crippen molar-refractivity contribution in [3.8, 4) is 6.19 Å². The Kier molecular flexibility index (Phi) is 4.92. The highest BCUT2D eigenvalue weighted by molar-refractivity contribution is 6.12. The molecule has 0 unspecified atom stereocenters. The molecule has 0 radical (unpaired) electrons. The summed E-state index contributed by atoms with van der Waals surface area (Å²) in [5, 5.41) is 9.32. The quantitative estimate of drug-likeness (QED) is 0.461. The summed E-state index contributed by atoms with van der Waals surface area (Å²) in [6.07, 6.45) is 1.90. The fraction of sp³-hybridized carbons (Fsp3) is 0.211. The van der Waals surface area contributed by atoms with Gasteiger partial charge in [-0.1, -0.05) is 69.3 Å². The van der Waals surface area contributed by atoms with Crippen molar-refractivity contribution in [1.82, 2.24) is 0 Å². The van der Waals surface area contributed by atoms with E-state index in [2.05, 4.69) is 4.99 Å². The molecule has 0 atom stereocenters. The molecule has 2 amide bonds. The van der Waals surface area contributed by atoms with Gasteiger partial charge < -0.3 is 0 Å². The Morgan fingerprint density at radius 2 is 1.52 bits per heavy atom. The van der Waals surface area contributed by atoms with Gasteiger partial charge in [-0.2, -0.15) is 15.2 Å². The lowest BCUT2D eigenvalue weighted by Crippen LogP contribution is -2.28. The highest BCUT2D eigenvalue weighted by Crippen LogP contribution is 2.23. The van der Waals surface area contributed by atoms with E-state index in [1.165, 1.54) is 0 Å². The number of hydrogen-bond donors (Lipinski definition) is 0. The second-order valence-electron chi connectivity index (χ2n) is 6.13. The van der Waals surface area contributed by atoms with Crippen LogP contribution in [0, 0.1) is 16.9 Å². The van der Waals surface area contributed by atoms with Gasteiger partial charge in [0.15, 0.2) is 6.19 Å². The van der Waals surface area contributed by atoms with Crippen molar-refractivity contribution in [3.05, 3.63) is 66.2 Å². The zero-order chi connectivity index (χ0) is 16.9. The number of anilines is 1. The Bertz CT molecular complexity index is 738. The van der Waals surface area contributed by atoms with Gasteiger partial charge >= 0.3 is 6.03 Å². The highest BCUT2D eigenvalue weighted by Gasteiger charge is 2.24. The molecule has 0 bridgehead atoms. The molecule has 2 aromatic carbocycles. The molecule has 0 saturated heterocycles. The van der Waals surface area contributed by atoms with E-state index < -0.39 is 6.03 Å². The smallest absolute Gasteiger partial charge is 0.244 e. The number of carbonyl (C=O) groups excluding carboxylic acids is 1. The molecule has 0 aromatic heterocycles. The lowest BCUT2D eigenvalue weighted by atomic mass is 9.85. The van der Waals surface area contributed by atoms with Crippen LogP contribution in [-0.2, 0) is 0 Å². The molecule has 2 rings (SSSR count). The average Bonchev–Trinajstić information content (AvgIpc) is 2.54. The Morgan fingerprint density at radius 1 is 1.00 bits per heavy atom. The summed E-state index contributed by atoms with van der Waals surface area (Å²) < 4.78 is 0. The molecule has 4 heteroatoms. The van der Waals surface area contributed by atoms with Gasteiger partial charge in [0.25, 0.3) is 0 Å². The van der Waals surface area contributed by atoms with Crippen LogP contribution in [0.3, 0.4) is 0 Å². The second kappa shape index (κ2) is 6.89. The lowest BCUT2D eigenvalue weighted by molar-refractivity contribution is 0.256. The first kappa shape index (κ1) is 16.4. The molecule has 0 heterocycles. The number of urea groups is 1. The zero-order valence-corrected chi connectivity index (χ0v) is 13.5. The van der Waals surface area contributed by atoms with Crippen LogP contribution in [-0.4, -0.2) is 11.7 Å². The van der Waals surface area contributed by atoms with Crippen LogP contribution in [0.5, 0.6) is 0 Å². The number of aliphatic imine (C=N–C) groups is 1. The molecular weight excluding hydrogens is 286 g/mol.